The number of carboxylic acids is 1. The van der Waals surface area contributed by atoms with Gasteiger partial charge in [0.2, 0.25) is 6.10 Å². The van der Waals surface area contributed by atoms with Crippen molar-refractivity contribution in [2.75, 3.05) is 13.2 Å². The summed E-state index contributed by atoms with van der Waals surface area (Å²) in [6, 6.07) is 11.6. The molecule has 0 saturated carbocycles. The number of carbonyl (C=O) groups excluding carboxylic acids is 1. The second-order valence-corrected chi connectivity index (χ2v) is 6.34. The van der Waals surface area contributed by atoms with E-state index >= 15 is 0 Å². The molecule has 0 aliphatic carbocycles. The Morgan fingerprint density at radius 3 is 2.44 bits per heavy atom. The Bertz CT molecular complexity index is 776. The average Bonchev–Trinajstić information content (AvgIpc) is 2.64. The average molecular weight is 375 g/mol. The first-order chi connectivity index (χ1) is 12.8. The van der Waals surface area contributed by atoms with Gasteiger partial charge in [-0.1, -0.05) is 19.9 Å². The molecule has 0 radical (unpaired) electrons. The summed E-state index contributed by atoms with van der Waals surface area (Å²) in [5, 5.41) is 11.8. The Balaban J connectivity index is 1.96. The van der Waals surface area contributed by atoms with Crippen LogP contribution in [0.2, 0.25) is 0 Å². The van der Waals surface area contributed by atoms with Gasteiger partial charge in [-0.15, -0.1) is 0 Å². The van der Waals surface area contributed by atoms with Crippen LogP contribution in [0.1, 0.15) is 24.2 Å². The van der Waals surface area contributed by atoms with Gasteiger partial charge in [0.05, 0.1) is 13.2 Å². The highest BCUT2D eigenvalue weighted by Crippen LogP contribution is 2.15. The van der Waals surface area contributed by atoms with Crippen LogP contribution in [0.25, 0.3) is 0 Å². The maximum Gasteiger partial charge on any atom is 0.346 e. The number of aliphatic carboxylic acids is 1. The molecule has 1 amide bonds. The van der Waals surface area contributed by atoms with Crippen LogP contribution in [-0.2, 0) is 4.79 Å². The first-order valence-electron chi connectivity index (χ1n) is 8.51. The summed E-state index contributed by atoms with van der Waals surface area (Å²) >= 11 is 0. The lowest BCUT2D eigenvalue weighted by molar-refractivity contribution is -0.144. The van der Waals surface area contributed by atoms with Crippen LogP contribution in [0.3, 0.4) is 0 Å². The Kier molecular flexibility index (Phi) is 7.16. The molecule has 1 unspecified atom stereocenters. The van der Waals surface area contributed by atoms with Crippen molar-refractivity contribution in [1.29, 1.82) is 0 Å². The molecular formula is C20H22FNO5. The smallest absolute Gasteiger partial charge is 0.346 e. The molecule has 0 saturated heterocycles. The number of halogens is 1. The molecule has 6 nitrogen and oxygen atoms in total. The molecule has 27 heavy (non-hydrogen) atoms. The lowest BCUT2D eigenvalue weighted by Crippen LogP contribution is -2.40. The molecule has 0 bridgehead atoms. The van der Waals surface area contributed by atoms with Gasteiger partial charge in [0.15, 0.2) is 0 Å². The Labute approximate surface area is 156 Å². The van der Waals surface area contributed by atoms with E-state index in [0.717, 1.165) is 12.1 Å². The Morgan fingerprint density at radius 1 is 1.11 bits per heavy atom. The van der Waals surface area contributed by atoms with E-state index in [-0.39, 0.29) is 12.3 Å². The quantitative estimate of drug-likeness (QED) is 0.703. The van der Waals surface area contributed by atoms with Crippen molar-refractivity contribution in [3.05, 3.63) is 59.9 Å². The van der Waals surface area contributed by atoms with E-state index in [1.165, 1.54) is 12.1 Å². The fraction of sp³-hybridized carbons (Fsp3) is 0.300. The maximum absolute atomic E-state index is 12.9. The summed E-state index contributed by atoms with van der Waals surface area (Å²) < 4.78 is 23.8. The summed E-state index contributed by atoms with van der Waals surface area (Å²) in [7, 11) is 0. The highest BCUT2D eigenvalue weighted by Gasteiger charge is 2.21. The standard InChI is InChI=1S/C20H22FNO5/c1-13(2)12-26-17-5-3-4-14(10-17)19(23)22-11-18(20(24)25)27-16-8-6-15(21)7-9-16/h3-10,13,18H,11-12H2,1-2H3,(H,22,23)(H,24,25). The third-order valence-corrected chi connectivity index (χ3v) is 3.49. The zero-order valence-corrected chi connectivity index (χ0v) is 15.1. The second-order valence-electron chi connectivity index (χ2n) is 6.34. The van der Waals surface area contributed by atoms with Crippen molar-refractivity contribution >= 4 is 11.9 Å². The SMILES string of the molecule is CC(C)COc1cccc(C(=O)NCC(Oc2ccc(F)cc2)C(=O)O)c1. The minimum atomic E-state index is -1.31. The molecule has 2 N–H and O–H groups in total. The Hall–Kier alpha value is -3.09. The molecule has 2 aromatic rings. The van der Waals surface area contributed by atoms with Crippen molar-refractivity contribution in [3.63, 3.8) is 0 Å². The Morgan fingerprint density at radius 2 is 1.81 bits per heavy atom. The molecule has 144 valence electrons. The number of hydrogen-bond acceptors (Lipinski definition) is 4. The number of carboxylic acid groups (broad SMARTS) is 1. The lowest BCUT2D eigenvalue weighted by Gasteiger charge is -2.16. The first kappa shape index (κ1) is 20.2. The van der Waals surface area contributed by atoms with Gasteiger partial charge >= 0.3 is 5.97 Å². The van der Waals surface area contributed by atoms with Gasteiger partial charge in [0.1, 0.15) is 17.3 Å². The number of amides is 1. The van der Waals surface area contributed by atoms with Crippen LogP contribution in [0.15, 0.2) is 48.5 Å². The predicted molar refractivity (Wildman–Crippen MR) is 97.6 cm³/mol. The molecule has 7 heteroatoms. The number of nitrogens with one attached hydrogen (secondary N) is 1. The third-order valence-electron chi connectivity index (χ3n) is 3.49. The van der Waals surface area contributed by atoms with E-state index < -0.39 is 23.8 Å². The van der Waals surface area contributed by atoms with Crippen LogP contribution < -0.4 is 14.8 Å². The number of benzene rings is 2. The molecule has 0 spiro atoms. The second kappa shape index (κ2) is 9.56. The fourth-order valence-electron chi connectivity index (χ4n) is 2.13. The zero-order valence-electron chi connectivity index (χ0n) is 15.1. The van der Waals surface area contributed by atoms with E-state index in [9.17, 15) is 19.1 Å². The first-order valence-corrected chi connectivity index (χ1v) is 8.51. The van der Waals surface area contributed by atoms with Gasteiger partial charge < -0.3 is 19.9 Å². The van der Waals surface area contributed by atoms with Crippen LogP contribution in [0, 0.1) is 11.7 Å². The van der Waals surface area contributed by atoms with Crippen molar-refractivity contribution in [1.82, 2.24) is 5.32 Å². The minimum absolute atomic E-state index is 0.196. The third kappa shape index (κ3) is 6.62. The van der Waals surface area contributed by atoms with Crippen LogP contribution >= 0.6 is 0 Å². The van der Waals surface area contributed by atoms with Gasteiger partial charge in [-0.25, -0.2) is 9.18 Å². The van der Waals surface area contributed by atoms with Gasteiger partial charge in [-0.2, -0.15) is 0 Å². The topological polar surface area (TPSA) is 84.9 Å². The summed E-state index contributed by atoms with van der Waals surface area (Å²) in [5.41, 5.74) is 0.349. The summed E-state index contributed by atoms with van der Waals surface area (Å²) in [6.45, 7) is 4.31. The minimum Gasteiger partial charge on any atom is -0.493 e. The molecule has 0 heterocycles. The van der Waals surface area contributed by atoms with Crippen molar-refractivity contribution in [3.8, 4) is 11.5 Å². The lowest BCUT2D eigenvalue weighted by atomic mass is 10.2. The van der Waals surface area contributed by atoms with E-state index in [0.29, 0.717) is 23.8 Å². The molecule has 2 rings (SSSR count). The van der Waals surface area contributed by atoms with Gasteiger partial charge in [0.25, 0.3) is 5.91 Å². The molecule has 2 aromatic carbocycles. The van der Waals surface area contributed by atoms with E-state index in [2.05, 4.69) is 5.32 Å². The number of rotatable bonds is 9. The largest absolute Gasteiger partial charge is 0.493 e. The maximum atomic E-state index is 12.9. The van der Waals surface area contributed by atoms with Crippen molar-refractivity contribution in [2.45, 2.75) is 20.0 Å². The highest BCUT2D eigenvalue weighted by molar-refractivity contribution is 5.94. The summed E-state index contributed by atoms with van der Waals surface area (Å²) in [6.07, 6.45) is -1.31. The van der Waals surface area contributed by atoms with E-state index in [1.54, 1.807) is 24.3 Å². The molecular weight excluding hydrogens is 353 g/mol. The molecule has 1 atom stereocenters. The van der Waals surface area contributed by atoms with Crippen LogP contribution in [0.5, 0.6) is 11.5 Å². The fourth-order valence-corrected chi connectivity index (χ4v) is 2.13. The normalized spacial score (nSPS) is 11.7. The van der Waals surface area contributed by atoms with Gasteiger partial charge in [-0.05, 0) is 48.4 Å². The highest BCUT2D eigenvalue weighted by atomic mass is 19.1. The van der Waals surface area contributed by atoms with Crippen molar-refractivity contribution in [2.24, 2.45) is 5.92 Å². The zero-order chi connectivity index (χ0) is 19.8. The van der Waals surface area contributed by atoms with Gasteiger partial charge in [0, 0.05) is 5.56 Å². The van der Waals surface area contributed by atoms with E-state index in [4.69, 9.17) is 9.47 Å². The molecule has 0 aliphatic rings. The number of carbonyl (C=O) groups is 2. The predicted octanol–water partition coefficient (Wildman–Crippen LogP) is 3.12. The number of hydrogen-bond donors (Lipinski definition) is 2. The summed E-state index contributed by atoms with van der Waals surface area (Å²) in [5.74, 6) is -1.03. The molecule has 0 aromatic heterocycles. The van der Waals surface area contributed by atoms with Crippen LogP contribution in [0.4, 0.5) is 4.39 Å². The molecule has 0 fully saturated rings. The van der Waals surface area contributed by atoms with E-state index in [1.807, 2.05) is 13.8 Å². The number of ether oxygens (including phenoxy) is 2. The molecule has 0 aliphatic heterocycles. The summed E-state index contributed by atoms with van der Waals surface area (Å²) in [4.78, 5) is 23.6. The van der Waals surface area contributed by atoms with Crippen LogP contribution in [-0.4, -0.2) is 36.2 Å². The van der Waals surface area contributed by atoms with Crippen molar-refractivity contribution < 1.29 is 28.6 Å². The van der Waals surface area contributed by atoms with Gasteiger partial charge in [-0.3, -0.25) is 4.79 Å². The monoisotopic (exact) mass is 375 g/mol.